The van der Waals surface area contributed by atoms with Crippen molar-refractivity contribution < 1.29 is 19.1 Å². The van der Waals surface area contributed by atoms with Crippen LogP contribution in [-0.2, 0) is 19.1 Å². The van der Waals surface area contributed by atoms with E-state index in [1.54, 1.807) is 6.08 Å². The molecule has 26 heavy (non-hydrogen) atoms. The fourth-order valence-electron chi connectivity index (χ4n) is 7.09. The van der Waals surface area contributed by atoms with Gasteiger partial charge < -0.3 is 4.74 Å². The number of methoxy groups -OCH3 is 1. The molecule has 0 N–H and O–H groups in total. The minimum absolute atomic E-state index is 0.0592. The summed E-state index contributed by atoms with van der Waals surface area (Å²) in [6.45, 7) is 4.51. The molecule has 0 amide bonds. The van der Waals surface area contributed by atoms with E-state index in [1.807, 2.05) is 0 Å². The third kappa shape index (κ3) is 2.44. The summed E-state index contributed by atoms with van der Waals surface area (Å²) in [4.78, 5) is 36.8. The summed E-state index contributed by atoms with van der Waals surface area (Å²) in [7, 11) is 1.41. The maximum atomic E-state index is 12.6. The van der Waals surface area contributed by atoms with Gasteiger partial charge in [-0.25, -0.2) is 4.79 Å². The number of carbonyl (C=O) groups is 3. The van der Waals surface area contributed by atoms with Gasteiger partial charge in [-0.1, -0.05) is 19.4 Å². The Balaban J connectivity index is 1.75. The molecule has 0 heterocycles. The first-order chi connectivity index (χ1) is 12.3. The van der Waals surface area contributed by atoms with Crippen molar-refractivity contribution in [1.29, 1.82) is 0 Å². The number of allylic oxidation sites excluding steroid dienone is 1. The summed E-state index contributed by atoms with van der Waals surface area (Å²) in [6.07, 6.45) is 8.39. The van der Waals surface area contributed by atoms with Gasteiger partial charge in [0.1, 0.15) is 11.6 Å². The molecule has 4 aliphatic carbocycles. The van der Waals surface area contributed by atoms with Crippen LogP contribution in [0.15, 0.2) is 11.6 Å². The second-order valence-corrected chi connectivity index (χ2v) is 9.54. The molecule has 4 rings (SSSR count). The van der Waals surface area contributed by atoms with E-state index in [0.29, 0.717) is 48.6 Å². The molecule has 0 saturated heterocycles. The minimum Gasteiger partial charge on any atom is -0.466 e. The maximum Gasteiger partial charge on any atom is 0.330 e. The number of rotatable bonds is 1. The van der Waals surface area contributed by atoms with Crippen molar-refractivity contribution in [1.82, 2.24) is 0 Å². The van der Waals surface area contributed by atoms with Crippen LogP contribution in [0.2, 0.25) is 0 Å². The van der Waals surface area contributed by atoms with Crippen molar-refractivity contribution >= 4 is 17.5 Å². The highest BCUT2D eigenvalue weighted by Crippen LogP contribution is 2.66. The van der Waals surface area contributed by atoms with Crippen LogP contribution in [0.3, 0.4) is 0 Å². The normalized spacial score (nSPS) is 46.5. The average Bonchev–Trinajstić information content (AvgIpc) is 2.91. The second-order valence-electron chi connectivity index (χ2n) is 9.54. The molecule has 4 aliphatic rings. The maximum absolute atomic E-state index is 12.6. The van der Waals surface area contributed by atoms with Crippen molar-refractivity contribution in [2.24, 2.45) is 34.5 Å². The van der Waals surface area contributed by atoms with E-state index in [2.05, 4.69) is 13.8 Å². The summed E-state index contributed by atoms with van der Waals surface area (Å²) in [5.41, 5.74) is 0.978. The van der Waals surface area contributed by atoms with Gasteiger partial charge in [0, 0.05) is 30.8 Å². The van der Waals surface area contributed by atoms with Crippen molar-refractivity contribution in [2.75, 3.05) is 7.11 Å². The van der Waals surface area contributed by atoms with Gasteiger partial charge in [0.15, 0.2) is 0 Å². The summed E-state index contributed by atoms with van der Waals surface area (Å²) in [5.74, 6) is 2.02. The van der Waals surface area contributed by atoms with E-state index < -0.39 is 0 Å². The van der Waals surface area contributed by atoms with E-state index in [1.165, 1.54) is 7.11 Å². The standard InChI is InChI=1S/C22H30O4/c1-21-8-6-14(23)12-18(21)13(11-20(25)26-3)10-15-16-4-5-19(24)22(16,2)9-7-17(15)21/h11,15-18H,4-10,12H2,1-3H3/b13-11-/t15-,16-,17+,18?,21+,22-/m0/s1. The highest BCUT2D eigenvalue weighted by molar-refractivity contribution is 5.87. The van der Waals surface area contributed by atoms with Crippen molar-refractivity contribution in [3.8, 4) is 0 Å². The molecule has 0 aliphatic heterocycles. The molecule has 4 fully saturated rings. The number of ether oxygens (including phenoxy) is 1. The van der Waals surface area contributed by atoms with Crippen LogP contribution in [-0.4, -0.2) is 24.6 Å². The van der Waals surface area contributed by atoms with Gasteiger partial charge >= 0.3 is 5.97 Å². The Morgan fingerprint density at radius 2 is 1.85 bits per heavy atom. The summed E-state index contributed by atoms with van der Waals surface area (Å²) in [5, 5.41) is 0. The summed E-state index contributed by atoms with van der Waals surface area (Å²) < 4.78 is 4.90. The van der Waals surface area contributed by atoms with Crippen molar-refractivity contribution in [3.63, 3.8) is 0 Å². The molecule has 4 heteroatoms. The zero-order valence-electron chi connectivity index (χ0n) is 16.2. The average molecular weight is 358 g/mol. The Kier molecular flexibility index (Phi) is 4.16. The number of hydrogen-bond donors (Lipinski definition) is 0. The monoisotopic (exact) mass is 358 g/mol. The van der Waals surface area contributed by atoms with Crippen LogP contribution in [0.25, 0.3) is 0 Å². The van der Waals surface area contributed by atoms with Crippen molar-refractivity contribution in [3.05, 3.63) is 11.6 Å². The molecular weight excluding hydrogens is 328 g/mol. The van der Waals surface area contributed by atoms with Crippen LogP contribution in [0, 0.1) is 34.5 Å². The quantitative estimate of drug-likeness (QED) is 0.527. The number of hydrogen-bond acceptors (Lipinski definition) is 4. The lowest BCUT2D eigenvalue weighted by Gasteiger charge is -2.60. The molecule has 0 aromatic heterocycles. The molecule has 0 bridgehead atoms. The SMILES string of the molecule is COC(=O)/C=C1/C[C@@H]2[C@@H](CC[C@]3(C)C(=O)CC[C@@H]23)[C@@]2(C)CCC(=O)CC12. The first kappa shape index (κ1) is 17.9. The van der Waals surface area contributed by atoms with Gasteiger partial charge in [-0.05, 0) is 61.2 Å². The number of Topliss-reactive ketones (excluding diaryl/α,β-unsaturated/α-hetero) is 2. The van der Waals surface area contributed by atoms with Crippen LogP contribution >= 0.6 is 0 Å². The van der Waals surface area contributed by atoms with E-state index in [0.717, 1.165) is 37.7 Å². The predicted octanol–water partition coefficient (Wildman–Crippen LogP) is 3.88. The van der Waals surface area contributed by atoms with E-state index >= 15 is 0 Å². The Hall–Kier alpha value is -1.45. The van der Waals surface area contributed by atoms with E-state index in [4.69, 9.17) is 4.74 Å². The largest absolute Gasteiger partial charge is 0.466 e. The molecule has 6 atom stereocenters. The Morgan fingerprint density at radius 3 is 2.58 bits per heavy atom. The Bertz CT molecular complexity index is 692. The smallest absolute Gasteiger partial charge is 0.330 e. The van der Waals surface area contributed by atoms with Crippen molar-refractivity contribution in [2.45, 2.75) is 65.2 Å². The zero-order valence-corrected chi connectivity index (χ0v) is 16.2. The van der Waals surface area contributed by atoms with Crippen LogP contribution in [0.4, 0.5) is 0 Å². The third-order valence-electron chi connectivity index (χ3n) is 8.59. The van der Waals surface area contributed by atoms with Gasteiger partial charge in [-0.15, -0.1) is 0 Å². The molecule has 4 nitrogen and oxygen atoms in total. The molecule has 0 aromatic rings. The van der Waals surface area contributed by atoms with Gasteiger partial charge in [0.05, 0.1) is 7.11 Å². The second kappa shape index (κ2) is 6.03. The molecule has 142 valence electrons. The van der Waals surface area contributed by atoms with Crippen LogP contribution in [0.5, 0.6) is 0 Å². The summed E-state index contributed by atoms with van der Waals surface area (Å²) in [6, 6.07) is 0. The molecule has 1 unspecified atom stereocenters. The lowest BCUT2D eigenvalue weighted by atomic mass is 9.44. The lowest BCUT2D eigenvalue weighted by molar-refractivity contribution is -0.140. The highest BCUT2D eigenvalue weighted by atomic mass is 16.5. The number of ketones is 2. The molecule has 0 spiro atoms. The molecule has 0 aromatic carbocycles. The van der Waals surface area contributed by atoms with Gasteiger partial charge in [-0.3, -0.25) is 9.59 Å². The topological polar surface area (TPSA) is 60.4 Å². The molecule has 4 saturated carbocycles. The predicted molar refractivity (Wildman–Crippen MR) is 97.2 cm³/mol. The fourth-order valence-corrected chi connectivity index (χ4v) is 7.09. The van der Waals surface area contributed by atoms with Gasteiger partial charge in [0.2, 0.25) is 0 Å². The van der Waals surface area contributed by atoms with Crippen LogP contribution < -0.4 is 0 Å². The molecule has 0 radical (unpaired) electrons. The van der Waals surface area contributed by atoms with E-state index in [-0.39, 0.29) is 22.7 Å². The lowest BCUT2D eigenvalue weighted by Crippen LogP contribution is -2.54. The van der Waals surface area contributed by atoms with Gasteiger partial charge in [-0.2, -0.15) is 0 Å². The number of carbonyl (C=O) groups excluding carboxylic acids is 3. The van der Waals surface area contributed by atoms with E-state index in [9.17, 15) is 14.4 Å². The molecular formula is C22H30O4. The first-order valence-corrected chi connectivity index (χ1v) is 10.1. The summed E-state index contributed by atoms with van der Waals surface area (Å²) >= 11 is 0. The minimum atomic E-state index is -0.320. The number of esters is 1. The van der Waals surface area contributed by atoms with Gasteiger partial charge in [0.25, 0.3) is 0 Å². The fraction of sp³-hybridized carbons (Fsp3) is 0.773. The number of fused-ring (bicyclic) bond motifs is 5. The zero-order chi connectivity index (χ0) is 18.7. The third-order valence-corrected chi connectivity index (χ3v) is 8.59. The Labute approximate surface area is 155 Å². The Morgan fingerprint density at radius 1 is 1.08 bits per heavy atom. The highest BCUT2D eigenvalue weighted by Gasteiger charge is 2.61. The first-order valence-electron chi connectivity index (χ1n) is 10.1. The van der Waals surface area contributed by atoms with Crippen LogP contribution in [0.1, 0.15) is 65.2 Å².